The molecular formula is C16H21BrCl2N2O2. The van der Waals surface area contributed by atoms with Gasteiger partial charge in [-0.2, -0.15) is 0 Å². The van der Waals surface area contributed by atoms with E-state index in [4.69, 9.17) is 27.9 Å². The fraction of sp³-hybridized carbons (Fsp3) is 0.562. The molecule has 2 rings (SSSR count). The number of amides is 1. The van der Waals surface area contributed by atoms with Gasteiger partial charge in [-0.1, -0.05) is 39.1 Å². The van der Waals surface area contributed by atoms with Crippen molar-refractivity contribution in [3.63, 3.8) is 0 Å². The van der Waals surface area contributed by atoms with Crippen LogP contribution in [0.2, 0.25) is 10.0 Å². The number of carbonyl (C=O) groups is 1. The molecule has 1 aromatic carbocycles. The van der Waals surface area contributed by atoms with E-state index < -0.39 is 5.60 Å². The van der Waals surface area contributed by atoms with E-state index in [1.807, 2.05) is 20.8 Å². The molecule has 0 aliphatic heterocycles. The molecule has 7 heteroatoms. The first-order valence-electron chi connectivity index (χ1n) is 7.54. The fourth-order valence-corrected chi connectivity index (χ4v) is 3.92. The SMILES string of the molecule is CC(C)(C)OC(=O)NC1CCC(Nc2c(Cl)cc(Br)cc2Cl)C1. The summed E-state index contributed by atoms with van der Waals surface area (Å²) in [5.41, 5.74) is 0.248. The Bertz CT molecular complexity index is 567. The number of anilines is 1. The summed E-state index contributed by atoms with van der Waals surface area (Å²) in [4.78, 5) is 11.8. The van der Waals surface area contributed by atoms with Gasteiger partial charge in [-0.25, -0.2) is 4.79 Å². The quantitative estimate of drug-likeness (QED) is 0.663. The van der Waals surface area contributed by atoms with Crippen molar-refractivity contribution in [1.82, 2.24) is 5.32 Å². The van der Waals surface area contributed by atoms with Gasteiger partial charge < -0.3 is 15.4 Å². The predicted molar refractivity (Wildman–Crippen MR) is 98.6 cm³/mol. The van der Waals surface area contributed by atoms with Gasteiger partial charge in [-0.05, 0) is 52.2 Å². The van der Waals surface area contributed by atoms with Crippen LogP contribution in [-0.2, 0) is 4.74 Å². The first-order chi connectivity index (χ1) is 10.6. The van der Waals surface area contributed by atoms with Crippen molar-refractivity contribution in [3.8, 4) is 0 Å². The Balaban J connectivity index is 1.90. The minimum Gasteiger partial charge on any atom is -0.444 e. The van der Waals surface area contributed by atoms with Crippen molar-refractivity contribution in [2.45, 2.75) is 57.7 Å². The molecule has 4 nitrogen and oxygen atoms in total. The van der Waals surface area contributed by atoms with Crippen LogP contribution in [0.4, 0.5) is 10.5 Å². The summed E-state index contributed by atoms with van der Waals surface area (Å²) in [6, 6.07) is 3.92. The summed E-state index contributed by atoms with van der Waals surface area (Å²) in [5.74, 6) is 0. The smallest absolute Gasteiger partial charge is 0.407 e. The molecule has 23 heavy (non-hydrogen) atoms. The van der Waals surface area contributed by atoms with Crippen molar-refractivity contribution in [3.05, 3.63) is 26.7 Å². The molecule has 1 fully saturated rings. The standard InChI is InChI=1S/C16H21BrCl2N2O2/c1-16(2,3)23-15(22)21-11-5-4-10(8-11)20-14-12(18)6-9(17)7-13(14)19/h6-7,10-11,20H,4-5,8H2,1-3H3,(H,21,22). The summed E-state index contributed by atoms with van der Waals surface area (Å²) in [6.07, 6.45) is 2.26. The average Bonchev–Trinajstić information content (AvgIpc) is 2.78. The van der Waals surface area contributed by atoms with E-state index in [0.29, 0.717) is 10.0 Å². The van der Waals surface area contributed by atoms with E-state index in [2.05, 4.69) is 26.6 Å². The molecule has 1 aromatic rings. The first-order valence-corrected chi connectivity index (χ1v) is 9.09. The Labute approximate surface area is 155 Å². The van der Waals surface area contributed by atoms with Gasteiger partial charge in [0.2, 0.25) is 0 Å². The molecule has 1 amide bonds. The van der Waals surface area contributed by atoms with E-state index >= 15 is 0 Å². The molecule has 2 atom stereocenters. The molecule has 2 unspecified atom stereocenters. The number of carbonyl (C=O) groups excluding carboxylic acids is 1. The molecular weight excluding hydrogens is 403 g/mol. The monoisotopic (exact) mass is 422 g/mol. The van der Waals surface area contributed by atoms with E-state index in [9.17, 15) is 4.79 Å². The number of benzene rings is 1. The summed E-state index contributed by atoms with van der Waals surface area (Å²) in [7, 11) is 0. The number of hydrogen-bond acceptors (Lipinski definition) is 3. The van der Waals surface area contributed by atoms with E-state index in [0.717, 1.165) is 29.4 Å². The van der Waals surface area contributed by atoms with Crippen molar-refractivity contribution in [2.24, 2.45) is 0 Å². The lowest BCUT2D eigenvalue weighted by atomic mass is 10.2. The molecule has 0 spiro atoms. The van der Waals surface area contributed by atoms with E-state index in [-0.39, 0.29) is 18.2 Å². The highest BCUT2D eigenvalue weighted by molar-refractivity contribution is 9.10. The third kappa shape index (κ3) is 5.73. The summed E-state index contributed by atoms with van der Waals surface area (Å²) < 4.78 is 6.13. The lowest BCUT2D eigenvalue weighted by molar-refractivity contribution is 0.0505. The highest BCUT2D eigenvalue weighted by Gasteiger charge is 2.28. The van der Waals surface area contributed by atoms with Crippen LogP contribution in [0, 0.1) is 0 Å². The van der Waals surface area contributed by atoms with Crippen molar-refractivity contribution in [1.29, 1.82) is 0 Å². The lowest BCUT2D eigenvalue weighted by Crippen LogP contribution is -2.38. The van der Waals surface area contributed by atoms with Gasteiger partial charge in [-0.15, -0.1) is 0 Å². The van der Waals surface area contributed by atoms with Gasteiger partial charge in [0.1, 0.15) is 5.60 Å². The average molecular weight is 424 g/mol. The Morgan fingerprint density at radius 3 is 2.35 bits per heavy atom. The maximum absolute atomic E-state index is 11.8. The molecule has 1 aliphatic carbocycles. The Morgan fingerprint density at radius 1 is 1.22 bits per heavy atom. The van der Waals surface area contributed by atoms with Crippen LogP contribution < -0.4 is 10.6 Å². The predicted octanol–water partition coefficient (Wildman–Crippen LogP) is 5.61. The van der Waals surface area contributed by atoms with E-state index in [1.54, 1.807) is 12.1 Å². The molecule has 128 valence electrons. The molecule has 1 aliphatic rings. The molecule has 2 N–H and O–H groups in total. The van der Waals surface area contributed by atoms with Gasteiger partial charge in [-0.3, -0.25) is 0 Å². The summed E-state index contributed by atoms with van der Waals surface area (Å²) in [6.45, 7) is 5.55. The maximum Gasteiger partial charge on any atom is 0.407 e. The van der Waals surface area contributed by atoms with Gasteiger partial charge in [0.05, 0.1) is 15.7 Å². The summed E-state index contributed by atoms with van der Waals surface area (Å²) >= 11 is 15.8. The van der Waals surface area contributed by atoms with Crippen LogP contribution in [-0.4, -0.2) is 23.8 Å². The Kier molecular flexibility index (Phi) is 6.09. The van der Waals surface area contributed by atoms with Crippen LogP contribution in [0.5, 0.6) is 0 Å². The van der Waals surface area contributed by atoms with Gasteiger partial charge in [0.15, 0.2) is 0 Å². The topological polar surface area (TPSA) is 50.4 Å². The van der Waals surface area contributed by atoms with Gasteiger partial charge in [0, 0.05) is 16.6 Å². The third-order valence-electron chi connectivity index (χ3n) is 3.51. The van der Waals surface area contributed by atoms with Gasteiger partial charge in [0.25, 0.3) is 0 Å². The molecule has 0 heterocycles. The molecule has 0 saturated heterocycles. The Morgan fingerprint density at radius 2 is 1.78 bits per heavy atom. The zero-order valence-corrected chi connectivity index (χ0v) is 16.5. The van der Waals surface area contributed by atoms with Crippen LogP contribution in [0.3, 0.4) is 0 Å². The minimum absolute atomic E-state index is 0.0929. The van der Waals surface area contributed by atoms with Crippen LogP contribution in [0.1, 0.15) is 40.0 Å². The van der Waals surface area contributed by atoms with Crippen LogP contribution >= 0.6 is 39.1 Å². The van der Waals surface area contributed by atoms with Crippen molar-refractivity contribution in [2.75, 3.05) is 5.32 Å². The Hall–Kier alpha value is -0.650. The van der Waals surface area contributed by atoms with E-state index in [1.165, 1.54) is 0 Å². The highest BCUT2D eigenvalue weighted by atomic mass is 79.9. The van der Waals surface area contributed by atoms with Crippen molar-refractivity contribution < 1.29 is 9.53 Å². The highest BCUT2D eigenvalue weighted by Crippen LogP contribution is 2.36. The first kappa shape index (κ1) is 18.7. The maximum atomic E-state index is 11.8. The minimum atomic E-state index is -0.487. The summed E-state index contributed by atoms with van der Waals surface area (Å²) in [5, 5.41) is 7.45. The third-order valence-corrected chi connectivity index (χ3v) is 4.56. The zero-order chi connectivity index (χ0) is 17.2. The molecule has 0 radical (unpaired) electrons. The number of alkyl carbamates (subject to hydrolysis) is 1. The zero-order valence-electron chi connectivity index (χ0n) is 13.4. The second-order valence-corrected chi connectivity index (χ2v) is 8.47. The molecule has 0 bridgehead atoms. The molecule has 1 saturated carbocycles. The number of halogens is 3. The second-order valence-electron chi connectivity index (χ2n) is 6.74. The fourth-order valence-electron chi connectivity index (χ4n) is 2.60. The van der Waals surface area contributed by atoms with Gasteiger partial charge >= 0.3 is 6.09 Å². The van der Waals surface area contributed by atoms with Crippen LogP contribution in [0.15, 0.2) is 16.6 Å². The van der Waals surface area contributed by atoms with Crippen LogP contribution in [0.25, 0.3) is 0 Å². The number of hydrogen-bond donors (Lipinski definition) is 2. The number of nitrogens with one attached hydrogen (secondary N) is 2. The molecule has 0 aromatic heterocycles. The normalized spacial score (nSPS) is 21.1. The second kappa shape index (κ2) is 7.49. The number of rotatable bonds is 3. The number of ether oxygens (including phenoxy) is 1. The van der Waals surface area contributed by atoms with Crippen molar-refractivity contribution >= 4 is 50.9 Å². The largest absolute Gasteiger partial charge is 0.444 e. The lowest BCUT2D eigenvalue weighted by Gasteiger charge is -2.22.